The second-order valence-corrected chi connectivity index (χ2v) is 8.89. The van der Waals surface area contributed by atoms with E-state index < -0.39 is 29.3 Å². The lowest BCUT2D eigenvalue weighted by atomic mass is 10.0. The molecule has 7 nitrogen and oxygen atoms in total. The van der Waals surface area contributed by atoms with Crippen molar-refractivity contribution >= 4 is 51.0 Å². The topological polar surface area (TPSA) is 86.8 Å². The Kier molecular flexibility index (Phi) is 4.15. The minimum absolute atomic E-state index is 0.0459. The molecule has 138 valence electrons. The first-order chi connectivity index (χ1) is 12.8. The number of hydrogen-bond acceptors (Lipinski definition) is 5. The van der Waals surface area contributed by atoms with Gasteiger partial charge >= 0.3 is 6.03 Å². The number of fused-ring (bicyclic) bond motifs is 1. The molecule has 1 atom stereocenters. The molecular weight excluding hydrogens is 434 g/mol. The van der Waals surface area contributed by atoms with Gasteiger partial charge in [0.25, 0.3) is 17.7 Å². The quantitative estimate of drug-likeness (QED) is 0.576. The van der Waals surface area contributed by atoms with E-state index in [1.165, 1.54) is 11.3 Å². The maximum absolute atomic E-state index is 12.9. The molecule has 9 heteroatoms. The summed E-state index contributed by atoms with van der Waals surface area (Å²) in [6, 6.07) is 9.62. The lowest BCUT2D eigenvalue weighted by Gasteiger charge is -2.21. The Morgan fingerprint density at radius 2 is 1.56 bits per heavy atom. The van der Waals surface area contributed by atoms with Gasteiger partial charge in [0.1, 0.15) is 0 Å². The van der Waals surface area contributed by atoms with Crippen molar-refractivity contribution in [2.45, 2.75) is 12.5 Å². The molecule has 4 rings (SSSR count). The lowest BCUT2D eigenvalue weighted by molar-refractivity contribution is -0.131. The number of rotatable bonds is 4. The summed E-state index contributed by atoms with van der Waals surface area (Å²) in [5, 5.41) is 2.71. The molecule has 0 bridgehead atoms. The maximum Gasteiger partial charge on any atom is 0.325 e. The largest absolute Gasteiger partial charge is 0.325 e. The van der Waals surface area contributed by atoms with Crippen LogP contribution in [0.1, 0.15) is 32.5 Å². The van der Waals surface area contributed by atoms with Crippen LogP contribution in [0.15, 0.2) is 40.2 Å². The molecule has 27 heavy (non-hydrogen) atoms. The van der Waals surface area contributed by atoms with Crippen LogP contribution in [0.5, 0.6) is 0 Å². The molecule has 3 heterocycles. The number of carbonyl (C=O) groups excluding carboxylic acids is 4. The fourth-order valence-corrected chi connectivity index (χ4v) is 4.77. The number of carbonyl (C=O) groups is 4. The first kappa shape index (κ1) is 17.9. The molecule has 1 unspecified atom stereocenters. The van der Waals surface area contributed by atoms with Crippen LogP contribution in [0, 0.1) is 0 Å². The van der Waals surface area contributed by atoms with E-state index in [0.29, 0.717) is 16.0 Å². The number of nitrogens with one attached hydrogen (secondary N) is 1. The number of imide groups is 2. The predicted molar refractivity (Wildman–Crippen MR) is 101 cm³/mol. The number of amides is 5. The van der Waals surface area contributed by atoms with Gasteiger partial charge in [-0.05, 0) is 47.1 Å². The molecule has 2 aromatic rings. The molecule has 2 aliphatic rings. The average molecular weight is 448 g/mol. The lowest BCUT2D eigenvalue weighted by Crippen LogP contribution is -2.42. The summed E-state index contributed by atoms with van der Waals surface area (Å²) < 4.78 is 0.852. The van der Waals surface area contributed by atoms with Crippen molar-refractivity contribution in [3.63, 3.8) is 0 Å². The summed E-state index contributed by atoms with van der Waals surface area (Å²) in [7, 11) is 0. The number of urea groups is 1. The molecule has 0 aliphatic carbocycles. The highest BCUT2D eigenvalue weighted by molar-refractivity contribution is 9.11. The van der Waals surface area contributed by atoms with Crippen LogP contribution < -0.4 is 5.32 Å². The zero-order valence-electron chi connectivity index (χ0n) is 14.2. The number of nitrogens with zero attached hydrogens (tertiary/aromatic N) is 2. The standard InChI is InChI=1S/C18H14BrN3O4S/c1-18(12-6-7-13(19)27-12)16(25)22(17(26)20-18)9-8-21-14(23)10-4-2-3-5-11(10)15(21)24/h2-7H,8-9H2,1H3,(H,20,26). The third kappa shape index (κ3) is 2.69. The van der Waals surface area contributed by atoms with Crippen molar-refractivity contribution in [3.05, 3.63) is 56.2 Å². The first-order valence-electron chi connectivity index (χ1n) is 8.18. The Morgan fingerprint density at radius 1 is 0.963 bits per heavy atom. The number of thiophene rings is 1. The number of halogens is 1. The molecule has 1 fully saturated rings. The van der Waals surface area contributed by atoms with Gasteiger partial charge in [-0.25, -0.2) is 4.79 Å². The second-order valence-electron chi connectivity index (χ2n) is 6.42. The highest BCUT2D eigenvalue weighted by Crippen LogP contribution is 2.35. The Balaban J connectivity index is 1.51. The summed E-state index contributed by atoms with van der Waals surface area (Å²) in [6.07, 6.45) is 0. The Bertz CT molecular complexity index is 969. The normalized spacial score (nSPS) is 21.9. The molecule has 1 saturated heterocycles. The Morgan fingerprint density at radius 3 is 2.11 bits per heavy atom. The van der Waals surface area contributed by atoms with Crippen LogP contribution in [-0.2, 0) is 10.3 Å². The maximum atomic E-state index is 12.9. The molecule has 2 aliphatic heterocycles. The SMILES string of the molecule is CC1(c2ccc(Br)s2)NC(=O)N(CCN2C(=O)c3ccccc3C2=O)C1=O. The van der Waals surface area contributed by atoms with Crippen LogP contribution in [0.3, 0.4) is 0 Å². The van der Waals surface area contributed by atoms with Gasteiger partial charge in [-0.2, -0.15) is 0 Å². The van der Waals surface area contributed by atoms with Gasteiger partial charge in [-0.1, -0.05) is 12.1 Å². The van der Waals surface area contributed by atoms with Crippen molar-refractivity contribution < 1.29 is 19.2 Å². The van der Waals surface area contributed by atoms with E-state index >= 15 is 0 Å². The van der Waals surface area contributed by atoms with E-state index in [-0.39, 0.29) is 13.1 Å². The third-order valence-corrected chi connectivity index (χ3v) is 6.61. The van der Waals surface area contributed by atoms with Gasteiger partial charge < -0.3 is 5.32 Å². The van der Waals surface area contributed by atoms with E-state index in [1.54, 1.807) is 37.3 Å². The van der Waals surface area contributed by atoms with Crippen molar-refractivity contribution in [1.82, 2.24) is 15.1 Å². The average Bonchev–Trinajstić information content (AvgIpc) is 3.25. The van der Waals surface area contributed by atoms with E-state index in [2.05, 4.69) is 21.2 Å². The van der Waals surface area contributed by atoms with Crippen molar-refractivity contribution in [2.75, 3.05) is 13.1 Å². The fraction of sp³-hybridized carbons (Fsp3) is 0.222. The van der Waals surface area contributed by atoms with Gasteiger partial charge in [-0.15, -0.1) is 11.3 Å². The van der Waals surface area contributed by atoms with Crippen molar-refractivity contribution in [3.8, 4) is 0 Å². The molecular formula is C18H14BrN3O4S. The van der Waals surface area contributed by atoms with Crippen LogP contribution >= 0.6 is 27.3 Å². The van der Waals surface area contributed by atoms with E-state index in [0.717, 1.165) is 13.6 Å². The summed E-state index contributed by atoms with van der Waals surface area (Å²) in [6.45, 7) is 1.54. The minimum atomic E-state index is -1.16. The van der Waals surface area contributed by atoms with E-state index in [4.69, 9.17) is 0 Å². The highest BCUT2D eigenvalue weighted by atomic mass is 79.9. The van der Waals surface area contributed by atoms with Crippen LogP contribution in [-0.4, -0.2) is 46.6 Å². The Hall–Kier alpha value is -2.52. The molecule has 0 radical (unpaired) electrons. The molecule has 5 amide bonds. The monoisotopic (exact) mass is 447 g/mol. The zero-order chi connectivity index (χ0) is 19.3. The zero-order valence-corrected chi connectivity index (χ0v) is 16.6. The predicted octanol–water partition coefficient (Wildman–Crippen LogP) is 2.57. The van der Waals surface area contributed by atoms with Crippen LogP contribution in [0.25, 0.3) is 0 Å². The summed E-state index contributed by atoms with van der Waals surface area (Å²) in [5.41, 5.74) is -0.476. The van der Waals surface area contributed by atoms with Gasteiger partial charge in [0.05, 0.1) is 14.9 Å². The van der Waals surface area contributed by atoms with E-state index in [1.807, 2.05) is 6.07 Å². The number of benzene rings is 1. The minimum Gasteiger partial charge on any atom is -0.319 e. The van der Waals surface area contributed by atoms with E-state index in [9.17, 15) is 19.2 Å². The summed E-state index contributed by atoms with van der Waals surface area (Å²) in [4.78, 5) is 52.9. The van der Waals surface area contributed by atoms with Gasteiger partial charge in [0, 0.05) is 18.0 Å². The highest BCUT2D eigenvalue weighted by Gasteiger charge is 2.50. The summed E-state index contributed by atoms with van der Waals surface area (Å²) >= 11 is 4.72. The Labute approximate surface area is 167 Å². The molecule has 0 saturated carbocycles. The van der Waals surface area contributed by atoms with Crippen LogP contribution in [0.2, 0.25) is 0 Å². The molecule has 1 aromatic heterocycles. The van der Waals surface area contributed by atoms with Gasteiger partial charge in [-0.3, -0.25) is 24.2 Å². The van der Waals surface area contributed by atoms with Crippen molar-refractivity contribution in [2.24, 2.45) is 0 Å². The third-order valence-electron chi connectivity index (χ3n) is 4.77. The number of hydrogen-bond donors (Lipinski definition) is 1. The van der Waals surface area contributed by atoms with Crippen molar-refractivity contribution in [1.29, 1.82) is 0 Å². The first-order valence-corrected chi connectivity index (χ1v) is 9.79. The molecule has 0 spiro atoms. The second kappa shape index (κ2) is 6.28. The van der Waals surface area contributed by atoms with Gasteiger partial charge in [0.15, 0.2) is 5.54 Å². The summed E-state index contributed by atoms with van der Waals surface area (Å²) in [5.74, 6) is -1.22. The molecule has 1 aromatic carbocycles. The molecule has 1 N–H and O–H groups in total. The fourth-order valence-electron chi connectivity index (χ4n) is 3.29. The smallest absolute Gasteiger partial charge is 0.319 e. The van der Waals surface area contributed by atoms with Gasteiger partial charge in [0.2, 0.25) is 0 Å². The van der Waals surface area contributed by atoms with Crippen LogP contribution in [0.4, 0.5) is 4.79 Å².